The topological polar surface area (TPSA) is 49.4 Å². The summed E-state index contributed by atoms with van der Waals surface area (Å²) in [5.74, 6) is -0.117. The summed E-state index contributed by atoms with van der Waals surface area (Å²) in [6.07, 6.45) is 6.06. The maximum Gasteiger partial charge on any atom is 0.254 e. The third kappa shape index (κ3) is 3.04. The van der Waals surface area contributed by atoms with Crippen LogP contribution in [-0.2, 0) is 4.79 Å². The van der Waals surface area contributed by atoms with E-state index in [1.165, 1.54) is 6.42 Å². The van der Waals surface area contributed by atoms with E-state index in [0.29, 0.717) is 5.56 Å². The lowest BCUT2D eigenvalue weighted by atomic mass is 9.64. The molecule has 142 valence electrons. The average Bonchev–Trinajstić information content (AvgIpc) is 2.61. The molecule has 26 heavy (non-hydrogen) atoms. The molecule has 1 heterocycles. The van der Waals surface area contributed by atoms with Crippen LogP contribution in [0.25, 0.3) is 0 Å². The number of nitrogens with zero attached hydrogens (tertiary/aromatic N) is 1. The largest absolute Gasteiger partial charge is 0.353 e. The molecule has 1 aliphatic carbocycles. The molecule has 2 atom stereocenters. The minimum absolute atomic E-state index is 0.0650. The number of hydrogen-bond acceptors (Lipinski definition) is 2. The quantitative estimate of drug-likeness (QED) is 0.877. The summed E-state index contributed by atoms with van der Waals surface area (Å²) >= 11 is 0. The van der Waals surface area contributed by atoms with Crippen molar-refractivity contribution in [3.05, 3.63) is 35.4 Å². The van der Waals surface area contributed by atoms with Gasteiger partial charge in [-0.25, -0.2) is 0 Å². The number of carbonyl (C=O) groups is 2. The molecule has 0 radical (unpaired) electrons. The fourth-order valence-electron chi connectivity index (χ4n) is 4.97. The van der Waals surface area contributed by atoms with E-state index >= 15 is 0 Å². The summed E-state index contributed by atoms with van der Waals surface area (Å²) in [6, 6.07) is 7.95. The molecule has 1 N–H and O–H groups in total. The highest BCUT2D eigenvalue weighted by molar-refractivity contribution is 6.02. The fraction of sp³-hybridized carbons (Fsp3) is 0.636. The monoisotopic (exact) mass is 356 g/mol. The second-order valence-electron chi connectivity index (χ2n) is 8.28. The lowest BCUT2D eigenvalue weighted by Gasteiger charge is -2.55. The zero-order valence-electron chi connectivity index (χ0n) is 16.5. The van der Waals surface area contributed by atoms with Gasteiger partial charge in [-0.3, -0.25) is 9.59 Å². The van der Waals surface area contributed by atoms with Crippen LogP contribution in [0, 0.1) is 0 Å². The lowest BCUT2D eigenvalue weighted by molar-refractivity contribution is -0.128. The first-order valence-electron chi connectivity index (χ1n) is 10.2. The van der Waals surface area contributed by atoms with Crippen molar-refractivity contribution >= 4 is 11.8 Å². The van der Waals surface area contributed by atoms with Gasteiger partial charge in [-0.1, -0.05) is 44.4 Å². The Balaban J connectivity index is 2.19. The van der Waals surface area contributed by atoms with Crippen LogP contribution in [-0.4, -0.2) is 34.3 Å². The van der Waals surface area contributed by atoms with Crippen molar-refractivity contribution in [3.63, 3.8) is 0 Å². The molecule has 1 aromatic rings. The molecule has 0 saturated heterocycles. The number of amides is 2. The van der Waals surface area contributed by atoms with Crippen molar-refractivity contribution in [1.82, 2.24) is 10.2 Å². The van der Waals surface area contributed by atoms with Gasteiger partial charge in [0.15, 0.2) is 0 Å². The van der Waals surface area contributed by atoms with Crippen LogP contribution in [0.3, 0.4) is 0 Å². The molecule has 4 nitrogen and oxygen atoms in total. The minimum Gasteiger partial charge on any atom is -0.353 e. The molecule has 1 saturated carbocycles. The summed E-state index contributed by atoms with van der Waals surface area (Å²) in [7, 11) is 0. The standard InChI is InChI=1S/C22H32N2O2/c1-5-16(4)24-21(26)18-12-8-7-11-17(18)19(20(25)23-15(2)3)22(24)13-9-6-10-14-22/h7-8,11-12,15-16,19H,5-6,9-10,13-14H2,1-4H3,(H,23,25)/t16-,19-/m1/s1. The van der Waals surface area contributed by atoms with Gasteiger partial charge in [0.05, 0.1) is 11.5 Å². The Hall–Kier alpha value is -1.84. The van der Waals surface area contributed by atoms with Crippen molar-refractivity contribution < 1.29 is 9.59 Å². The van der Waals surface area contributed by atoms with E-state index in [2.05, 4.69) is 24.1 Å². The van der Waals surface area contributed by atoms with Crippen LogP contribution in [0.15, 0.2) is 24.3 Å². The molecule has 4 heteroatoms. The zero-order chi connectivity index (χ0) is 18.9. The van der Waals surface area contributed by atoms with Crippen LogP contribution in [0.5, 0.6) is 0 Å². The minimum atomic E-state index is -0.391. The van der Waals surface area contributed by atoms with Gasteiger partial charge in [0, 0.05) is 17.6 Å². The molecule has 1 fully saturated rings. The van der Waals surface area contributed by atoms with E-state index in [4.69, 9.17) is 0 Å². The normalized spacial score (nSPS) is 23.0. The first-order valence-corrected chi connectivity index (χ1v) is 10.2. The molecule has 3 rings (SSSR count). The van der Waals surface area contributed by atoms with Gasteiger partial charge in [0.1, 0.15) is 0 Å². The average molecular weight is 357 g/mol. The molecule has 1 aromatic carbocycles. The molecule has 1 aliphatic heterocycles. The molecule has 0 aromatic heterocycles. The van der Waals surface area contributed by atoms with Gasteiger partial charge in [0.25, 0.3) is 5.91 Å². The van der Waals surface area contributed by atoms with Crippen molar-refractivity contribution in [2.75, 3.05) is 0 Å². The number of fused-ring (bicyclic) bond motifs is 1. The summed E-state index contributed by atoms with van der Waals surface area (Å²) in [4.78, 5) is 28.9. The zero-order valence-corrected chi connectivity index (χ0v) is 16.5. The Kier molecular flexibility index (Phi) is 5.40. The second-order valence-corrected chi connectivity index (χ2v) is 8.28. The number of hydrogen-bond donors (Lipinski definition) is 1. The van der Waals surface area contributed by atoms with E-state index < -0.39 is 5.54 Å². The molecule has 0 bridgehead atoms. The van der Waals surface area contributed by atoms with Crippen LogP contribution < -0.4 is 5.32 Å². The maximum atomic E-state index is 13.5. The van der Waals surface area contributed by atoms with Crippen LogP contribution >= 0.6 is 0 Å². The Bertz CT molecular complexity index is 676. The third-order valence-electron chi connectivity index (χ3n) is 6.18. The van der Waals surface area contributed by atoms with E-state index in [0.717, 1.165) is 37.7 Å². The molecular formula is C22H32N2O2. The van der Waals surface area contributed by atoms with Crippen molar-refractivity contribution in [2.45, 2.75) is 89.8 Å². The third-order valence-corrected chi connectivity index (χ3v) is 6.18. The highest BCUT2D eigenvalue weighted by atomic mass is 16.2. The van der Waals surface area contributed by atoms with Gasteiger partial charge in [-0.05, 0) is 51.7 Å². The number of benzene rings is 1. The summed E-state index contributed by atoms with van der Waals surface area (Å²) in [5, 5.41) is 3.14. The Labute approximate surface area is 157 Å². The lowest BCUT2D eigenvalue weighted by Crippen LogP contribution is -2.65. The number of rotatable bonds is 4. The highest BCUT2D eigenvalue weighted by Crippen LogP contribution is 2.50. The Morgan fingerprint density at radius 1 is 1.19 bits per heavy atom. The van der Waals surface area contributed by atoms with Crippen LogP contribution in [0.2, 0.25) is 0 Å². The molecular weight excluding hydrogens is 324 g/mol. The van der Waals surface area contributed by atoms with Gasteiger partial charge in [-0.15, -0.1) is 0 Å². The van der Waals surface area contributed by atoms with E-state index in [-0.39, 0.29) is 29.8 Å². The van der Waals surface area contributed by atoms with Crippen molar-refractivity contribution in [2.24, 2.45) is 0 Å². The van der Waals surface area contributed by atoms with Gasteiger partial charge in [0.2, 0.25) is 5.91 Å². The second kappa shape index (κ2) is 7.42. The summed E-state index contributed by atoms with van der Waals surface area (Å²) < 4.78 is 0. The molecule has 0 unspecified atom stereocenters. The highest BCUT2D eigenvalue weighted by Gasteiger charge is 2.55. The smallest absolute Gasteiger partial charge is 0.254 e. The van der Waals surface area contributed by atoms with E-state index in [9.17, 15) is 9.59 Å². The predicted octanol–water partition coefficient (Wildman–Crippen LogP) is 4.25. The molecule has 2 amide bonds. The van der Waals surface area contributed by atoms with Crippen molar-refractivity contribution in [3.8, 4) is 0 Å². The van der Waals surface area contributed by atoms with E-state index in [1.54, 1.807) is 0 Å². The van der Waals surface area contributed by atoms with Crippen LogP contribution in [0.1, 0.15) is 88.1 Å². The fourth-order valence-corrected chi connectivity index (χ4v) is 4.97. The number of nitrogens with one attached hydrogen (secondary N) is 1. The first kappa shape index (κ1) is 18.9. The maximum absolute atomic E-state index is 13.5. The van der Waals surface area contributed by atoms with E-state index in [1.807, 2.05) is 38.1 Å². The predicted molar refractivity (Wildman–Crippen MR) is 104 cm³/mol. The molecule has 2 aliphatic rings. The SMILES string of the molecule is CC[C@@H](C)N1C(=O)c2ccccc2[C@H](C(=O)NC(C)C)C12CCCCC2. The molecule has 1 spiro atoms. The summed E-state index contributed by atoms with van der Waals surface area (Å²) in [6.45, 7) is 8.24. The van der Waals surface area contributed by atoms with Gasteiger partial charge in [-0.2, -0.15) is 0 Å². The van der Waals surface area contributed by atoms with Crippen molar-refractivity contribution in [1.29, 1.82) is 0 Å². The number of carbonyl (C=O) groups excluding carboxylic acids is 2. The van der Waals surface area contributed by atoms with Gasteiger partial charge >= 0.3 is 0 Å². The van der Waals surface area contributed by atoms with Crippen LogP contribution in [0.4, 0.5) is 0 Å². The summed E-state index contributed by atoms with van der Waals surface area (Å²) in [5.41, 5.74) is 1.22. The Morgan fingerprint density at radius 2 is 1.85 bits per heavy atom. The first-order chi connectivity index (χ1) is 12.4. The van der Waals surface area contributed by atoms with Gasteiger partial charge < -0.3 is 10.2 Å². The Morgan fingerprint density at radius 3 is 2.46 bits per heavy atom.